The van der Waals surface area contributed by atoms with Crippen LogP contribution in [0.25, 0.3) is 5.65 Å². The average molecular weight is 333 g/mol. The minimum atomic E-state index is 0.377. The van der Waals surface area contributed by atoms with E-state index in [9.17, 15) is 0 Å². The van der Waals surface area contributed by atoms with Crippen molar-refractivity contribution >= 4 is 27.4 Å². The first kappa shape index (κ1) is 13.0. The molecule has 0 atom stereocenters. The minimum absolute atomic E-state index is 0.377. The van der Waals surface area contributed by atoms with Crippen molar-refractivity contribution in [3.05, 3.63) is 52.5 Å². The predicted molar refractivity (Wildman–Crippen MR) is 80.1 cm³/mol. The molecule has 3 aromatic heterocycles. The van der Waals surface area contributed by atoms with E-state index in [0.717, 1.165) is 27.3 Å². The fourth-order valence-electron chi connectivity index (χ4n) is 1.87. The highest BCUT2D eigenvalue weighted by Gasteiger charge is 2.09. The van der Waals surface area contributed by atoms with Crippen LogP contribution in [0.1, 0.15) is 11.3 Å². The number of anilines is 1. The SMILES string of the molecule is NCc1nc2ccc(NCc3cccnc3)nn2c1Br. The number of aromatic nitrogens is 4. The molecule has 3 aromatic rings. The van der Waals surface area contributed by atoms with Crippen LogP contribution in [0.2, 0.25) is 0 Å². The molecule has 0 spiro atoms. The number of nitrogens with two attached hydrogens (primary N) is 1. The van der Waals surface area contributed by atoms with E-state index in [0.29, 0.717) is 13.1 Å². The van der Waals surface area contributed by atoms with Gasteiger partial charge in [-0.25, -0.2) is 9.50 Å². The molecule has 3 heterocycles. The molecule has 3 N–H and O–H groups in total. The number of pyridine rings is 1. The number of imidazole rings is 1. The molecule has 0 radical (unpaired) electrons. The van der Waals surface area contributed by atoms with E-state index >= 15 is 0 Å². The van der Waals surface area contributed by atoms with Crippen LogP contribution in [0, 0.1) is 0 Å². The van der Waals surface area contributed by atoms with Crippen molar-refractivity contribution in [3.8, 4) is 0 Å². The molecule has 0 fully saturated rings. The number of rotatable bonds is 4. The molecule has 0 amide bonds. The van der Waals surface area contributed by atoms with Gasteiger partial charge in [0.15, 0.2) is 5.65 Å². The van der Waals surface area contributed by atoms with Gasteiger partial charge >= 0.3 is 0 Å². The standard InChI is InChI=1S/C13H13BrN6/c14-13-10(6-15)18-12-4-3-11(19-20(12)13)17-8-9-2-1-5-16-7-9/h1-5,7H,6,8,15H2,(H,17,19). The Morgan fingerprint density at radius 3 is 2.95 bits per heavy atom. The highest BCUT2D eigenvalue weighted by Crippen LogP contribution is 2.18. The summed E-state index contributed by atoms with van der Waals surface area (Å²) in [7, 11) is 0. The van der Waals surface area contributed by atoms with Crippen LogP contribution >= 0.6 is 15.9 Å². The molecule has 0 aliphatic rings. The van der Waals surface area contributed by atoms with Gasteiger partial charge in [0.1, 0.15) is 10.4 Å². The lowest BCUT2D eigenvalue weighted by Gasteiger charge is -2.05. The molecule has 0 unspecified atom stereocenters. The molecule has 102 valence electrons. The lowest BCUT2D eigenvalue weighted by molar-refractivity contribution is 0.896. The summed E-state index contributed by atoms with van der Waals surface area (Å²) in [6.45, 7) is 1.05. The Hall–Kier alpha value is -1.99. The molecule has 0 aliphatic heterocycles. The van der Waals surface area contributed by atoms with Gasteiger partial charge in [-0.15, -0.1) is 5.10 Å². The van der Waals surface area contributed by atoms with Gasteiger partial charge in [0.2, 0.25) is 0 Å². The first-order valence-electron chi connectivity index (χ1n) is 6.15. The van der Waals surface area contributed by atoms with Gasteiger partial charge in [-0.3, -0.25) is 4.98 Å². The maximum Gasteiger partial charge on any atom is 0.155 e. The lowest BCUT2D eigenvalue weighted by Crippen LogP contribution is -2.04. The maximum absolute atomic E-state index is 5.63. The van der Waals surface area contributed by atoms with Crippen molar-refractivity contribution < 1.29 is 0 Å². The van der Waals surface area contributed by atoms with Gasteiger partial charge in [0.25, 0.3) is 0 Å². The van der Waals surface area contributed by atoms with E-state index in [2.05, 4.69) is 36.3 Å². The Morgan fingerprint density at radius 2 is 2.20 bits per heavy atom. The molecule has 20 heavy (non-hydrogen) atoms. The van der Waals surface area contributed by atoms with Crippen LogP contribution in [0.5, 0.6) is 0 Å². The summed E-state index contributed by atoms with van der Waals surface area (Å²) in [5.41, 5.74) is 8.29. The molecule has 0 saturated heterocycles. The third-order valence-electron chi connectivity index (χ3n) is 2.88. The number of halogens is 1. The number of hydrogen-bond donors (Lipinski definition) is 2. The smallest absolute Gasteiger partial charge is 0.155 e. The molecule has 0 bridgehead atoms. The zero-order chi connectivity index (χ0) is 13.9. The van der Waals surface area contributed by atoms with Gasteiger partial charge < -0.3 is 11.1 Å². The van der Waals surface area contributed by atoms with Crippen molar-refractivity contribution in [1.82, 2.24) is 19.6 Å². The van der Waals surface area contributed by atoms with Crippen molar-refractivity contribution in [2.75, 3.05) is 5.32 Å². The topological polar surface area (TPSA) is 81.1 Å². The van der Waals surface area contributed by atoms with E-state index in [1.165, 1.54) is 0 Å². The van der Waals surface area contributed by atoms with Gasteiger partial charge in [0, 0.05) is 25.5 Å². The summed E-state index contributed by atoms with van der Waals surface area (Å²) in [5, 5.41) is 7.73. The summed E-state index contributed by atoms with van der Waals surface area (Å²) in [6.07, 6.45) is 3.58. The van der Waals surface area contributed by atoms with Crippen LogP contribution in [-0.2, 0) is 13.1 Å². The van der Waals surface area contributed by atoms with E-state index in [1.54, 1.807) is 10.7 Å². The Balaban J connectivity index is 1.84. The molecule has 7 heteroatoms. The third-order valence-corrected chi connectivity index (χ3v) is 3.67. The fourth-order valence-corrected chi connectivity index (χ4v) is 2.38. The summed E-state index contributed by atoms with van der Waals surface area (Å²) >= 11 is 3.46. The van der Waals surface area contributed by atoms with Crippen LogP contribution in [0.4, 0.5) is 5.82 Å². The molecule has 3 rings (SSSR count). The summed E-state index contributed by atoms with van der Waals surface area (Å²) in [4.78, 5) is 8.46. The van der Waals surface area contributed by atoms with E-state index in [4.69, 9.17) is 5.73 Å². The number of nitrogens with zero attached hydrogens (tertiary/aromatic N) is 4. The molecule has 6 nitrogen and oxygen atoms in total. The van der Waals surface area contributed by atoms with Gasteiger partial charge in [-0.2, -0.15) is 0 Å². The number of hydrogen-bond acceptors (Lipinski definition) is 5. The number of fused-ring (bicyclic) bond motifs is 1. The van der Waals surface area contributed by atoms with E-state index in [-0.39, 0.29) is 0 Å². The first-order chi connectivity index (χ1) is 9.78. The maximum atomic E-state index is 5.63. The quantitative estimate of drug-likeness (QED) is 0.763. The number of nitrogens with one attached hydrogen (secondary N) is 1. The van der Waals surface area contributed by atoms with Crippen LogP contribution in [-0.4, -0.2) is 19.6 Å². The molecular weight excluding hydrogens is 320 g/mol. The second-order valence-corrected chi connectivity index (χ2v) is 5.01. The third kappa shape index (κ3) is 2.50. The molecule has 0 aliphatic carbocycles. The van der Waals surface area contributed by atoms with Crippen molar-refractivity contribution in [3.63, 3.8) is 0 Å². The minimum Gasteiger partial charge on any atom is -0.364 e. The largest absolute Gasteiger partial charge is 0.364 e. The first-order valence-corrected chi connectivity index (χ1v) is 6.94. The van der Waals surface area contributed by atoms with Crippen LogP contribution in [0.3, 0.4) is 0 Å². The second kappa shape index (κ2) is 5.56. The summed E-state index contributed by atoms with van der Waals surface area (Å²) in [6, 6.07) is 7.72. The average Bonchev–Trinajstić information content (AvgIpc) is 2.82. The summed E-state index contributed by atoms with van der Waals surface area (Å²) in [5.74, 6) is 0.767. The zero-order valence-corrected chi connectivity index (χ0v) is 12.2. The van der Waals surface area contributed by atoms with Crippen LogP contribution < -0.4 is 11.1 Å². The van der Waals surface area contributed by atoms with Gasteiger partial charge in [0.05, 0.1) is 5.69 Å². The van der Waals surface area contributed by atoms with Crippen LogP contribution in [0.15, 0.2) is 41.3 Å². The Kier molecular flexibility index (Phi) is 3.62. The van der Waals surface area contributed by atoms with Gasteiger partial charge in [-0.1, -0.05) is 6.07 Å². The summed E-state index contributed by atoms with van der Waals surface area (Å²) < 4.78 is 2.52. The van der Waals surface area contributed by atoms with E-state index < -0.39 is 0 Å². The second-order valence-electron chi connectivity index (χ2n) is 4.26. The Labute approximate surface area is 124 Å². The Morgan fingerprint density at radius 1 is 1.30 bits per heavy atom. The monoisotopic (exact) mass is 332 g/mol. The van der Waals surface area contributed by atoms with E-state index in [1.807, 2.05) is 30.5 Å². The van der Waals surface area contributed by atoms with Crippen molar-refractivity contribution in [2.45, 2.75) is 13.1 Å². The normalized spacial score (nSPS) is 10.9. The molecule has 0 saturated carbocycles. The van der Waals surface area contributed by atoms with Crippen molar-refractivity contribution in [1.29, 1.82) is 0 Å². The fraction of sp³-hybridized carbons (Fsp3) is 0.154. The highest BCUT2D eigenvalue weighted by atomic mass is 79.9. The van der Waals surface area contributed by atoms with Gasteiger partial charge in [-0.05, 0) is 39.7 Å². The molecular formula is C13H13BrN6. The Bertz CT molecular complexity index is 724. The zero-order valence-electron chi connectivity index (χ0n) is 10.6. The predicted octanol–water partition coefficient (Wildman–Crippen LogP) is 1.96. The lowest BCUT2D eigenvalue weighted by atomic mass is 10.3. The van der Waals surface area contributed by atoms with Crippen molar-refractivity contribution in [2.24, 2.45) is 5.73 Å². The highest BCUT2D eigenvalue weighted by molar-refractivity contribution is 9.10. The molecule has 0 aromatic carbocycles.